The third-order valence-electron chi connectivity index (χ3n) is 4.96. The van der Waals surface area contributed by atoms with Crippen LogP contribution in [0.3, 0.4) is 0 Å². The summed E-state index contributed by atoms with van der Waals surface area (Å²) in [5.41, 5.74) is 6.90. The first-order chi connectivity index (χ1) is 14.3. The molecule has 0 radical (unpaired) electrons. The zero-order chi connectivity index (χ0) is 21.3. The second kappa shape index (κ2) is 8.72. The van der Waals surface area contributed by atoms with Crippen molar-refractivity contribution < 1.29 is 22.7 Å². The summed E-state index contributed by atoms with van der Waals surface area (Å²) in [6.45, 7) is 2.48. The number of nitrogens with zero attached hydrogens (tertiary/aromatic N) is 4. The Balaban J connectivity index is 1.36. The van der Waals surface area contributed by atoms with Gasteiger partial charge in [-0.15, -0.1) is 0 Å². The monoisotopic (exact) mass is 457 g/mol. The van der Waals surface area contributed by atoms with Gasteiger partial charge in [0.05, 0.1) is 31.7 Å². The highest BCUT2D eigenvalue weighted by Crippen LogP contribution is 2.54. The van der Waals surface area contributed by atoms with Gasteiger partial charge in [0.15, 0.2) is 11.5 Å². The van der Waals surface area contributed by atoms with Gasteiger partial charge in [0, 0.05) is 11.0 Å². The Hall–Kier alpha value is -1.84. The fraction of sp³-hybridized carbons (Fsp3) is 0.500. The number of anilines is 1. The molecule has 3 heterocycles. The number of hydrogen-bond donors (Lipinski definition) is 1. The average molecular weight is 458 g/mol. The van der Waals surface area contributed by atoms with Crippen LogP contribution in [0.5, 0.6) is 0 Å². The maximum Gasteiger partial charge on any atom is 0.356 e. The Morgan fingerprint density at radius 3 is 3.10 bits per heavy atom. The number of nitrogen functional groups attached to an aromatic ring is 1. The van der Waals surface area contributed by atoms with Gasteiger partial charge in [-0.05, 0) is 31.9 Å². The number of ether oxygens (including phenoxy) is 1. The van der Waals surface area contributed by atoms with Crippen molar-refractivity contribution in [1.29, 1.82) is 0 Å². The van der Waals surface area contributed by atoms with E-state index in [1.54, 1.807) is 10.9 Å². The van der Waals surface area contributed by atoms with Gasteiger partial charge in [-0.3, -0.25) is 4.57 Å². The summed E-state index contributed by atoms with van der Waals surface area (Å²) in [6.07, 6.45) is 5.64. The number of aromatic nitrogens is 4. The fourth-order valence-corrected chi connectivity index (χ4v) is 5.50. The number of allylic oxidation sites excluding steroid dienone is 3. The second-order valence-electron chi connectivity index (χ2n) is 7.32. The summed E-state index contributed by atoms with van der Waals surface area (Å²) in [4.78, 5) is 12.3. The van der Waals surface area contributed by atoms with E-state index >= 15 is 0 Å². The molecule has 4 rings (SSSR count). The number of nitrogens with two attached hydrogens (primary N) is 1. The topological polar surface area (TPSA) is 114 Å². The molecule has 2 aliphatic rings. The standard InChI is InChI=1S/C18H22ClFN5O4P/c1-11(7-25-9-24-16-17(21)22-8-23-18(16)25)27-10-30(26)28-3-2-15(29-30)12-4-13(19)6-14(20)5-12/h5-6,8-9,11-12,15H,2-4,7,10H2,1H3,(H2,21,22,23)/t11-,12?,15-,30+/m1/s1. The predicted molar refractivity (Wildman–Crippen MR) is 109 cm³/mol. The van der Waals surface area contributed by atoms with Crippen molar-refractivity contribution in [2.45, 2.75) is 38.5 Å². The summed E-state index contributed by atoms with van der Waals surface area (Å²) in [5, 5.41) is 0.409. The zero-order valence-electron chi connectivity index (χ0n) is 16.3. The van der Waals surface area contributed by atoms with E-state index in [0.717, 1.165) is 0 Å². The Morgan fingerprint density at radius 1 is 1.47 bits per heavy atom. The molecule has 2 aromatic rings. The number of halogens is 2. The van der Waals surface area contributed by atoms with Crippen molar-refractivity contribution in [3.63, 3.8) is 0 Å². The minimum Gasteiger partial charge on any atom is -0.382 e. The normalized spacial score (nSPS) is 28.2. The van der Waals surface area contributed by atoms with Crippen molar-refractivity contribution in [2.75, 3.05) is 18.7 Å². The van der Waals surface area contributed by atoms with Crippen LogP contribution in [0.1, 0.15) is 19.8 Å². The summed E-state index contributed by atoms with van der Waals surface area (Å²) >= 11 is 5.99. The summed E-state index contributed by atoms with van der Waals surface area (Å²) in [5.74, 6) is -0.405. The molecule has 12 heteroatoms. The lowest BCUT2D eigenvalue weighted by molar-refractivity contribution is 0.0218. The molecule has 0 spiro atoms. The lowest BCUT2D eigenvalue weighted by Gasteiger charge is -2.34. The van der Waals surface area contributed by atoms with E-state index in [1.807, 2.05) is 6.92 Å². The van der Waals surface area contributed by atoms with Crippen LogP contribution in [0, 0.1) is 5.92 Å². The van der Waals surface area contributed by atoms with E-state index in [0.29, 0.717) is 41.4 Å². The summed E-state index contributed by atoms with van der Waals surface area (Å²) < 4.78 is 45.4. The quantitative estimate of drug-likeness (QED) is 0.652. The molecular formula is C18H22ClFN5O4P. The lowest BCUT2D eigenvalue weighted by atomic mass is 9.92. The molecule has 4 atom stereocenters. The van der Waals surface area contributed by atoms with Crippen LogP contribution in [-0.4, -0.2) is 44.7 Å². The molecule has 30 heavy (non-hydrogen) atoms. The molecule has 1 unspecified atom stereocenters. The molecule has 2 aromatic heterocycles. The van der Waals surface area contributed by atoms with E-state index in [9.17, 15) is 8.96 Å². The molecule has 9 nitrogen and oxygen atoms in total. The van der Waals surface area contributed by atoms with E-state index < -0.39 is 19.5 Å². The smallest absolute Gasteiger partial charge is 0.356 e. The molecule has 1 aliphatic heterocycles. The van der Waals surface area contributed by atoms with E-state index in [2.05, 4.69) is 15.0 Å². The van der Waals surface area contributed by atoms with Crippen LogP contribution in [0.15, 0.2) is 35.7 Å². The van der Waals surface area contributed by atoms with Gasteiger partial charge < -0.3 is 24.1 Å². The van der Waals surface area contributed by atoms with E-state index in [1.165, 1.54) is 18.5 Å². The summed E-state index contributed by atoms with van der Waals surface area (Å²) in [6, 6.07) is 0. The van der Waals surface area contributed by atoms with Crippen LogP contribution in [0.2, 0.25) is 0 Å². The van der Waals surface area contributed by atoms with Crippen molar-refractivity contribution in [2.24, 2.45) is 5.92 Å². The number of rotatable bonds is 6. The number of fused-ring (bicyclic) bond motifs is 1. The lowest BCUT2D eigenvalue weighted by Crippen LogP contribution is -2.30. The first-order valence-corrected chi connectivity index (χ1v) is 11.6. The first-order valence-electron chi connectivity index (χ1n) is 9.51. The third kappa shape index (κ3) is 4.73. The van der Waals surface area contributed by atoms with Crippen molar-refractivity contribution in [3.05, 3.63) is 35.7 Å². The molecule has 0 amide bonds. The van der Waals surface area contributed by atoms with Gasteiger partial charge in [-0.1, -0.05) is 11.6 Å². The SMILES string of the molecule is C[C@H](Cn1cnc2c(N)ncnc21)OC[P@]1(=O)OCC[C@H](C2C=C(F)C=C(Cl)C2)O1. The molecule has 1 aliphatic carbocycles. The molecular weight excluding hydrogens is 436 g/mol. The molecule has 0 aromatic carbocycles. The maximum atomic E-state index is 13.7. The van der Waals surface area contributed by atoms with Gasteiger partial charge >= 0.3 is 7.60 Å². The van der Waals surface area contributed by atoms with Gasteiger partial charge in [0.2, 0.25) is 0 Å². The van der Waals surface area contributed by atoms with Gasteiger partial charge in [-0.25, -0.2) is 19.3 Å². The van der Waals surface area contributed by atoms with Gasteiger partial charge in [0.25, 0.3) is 0 Å². The molecule has 0 bridgehead atoms. The molecule has 0 saturated carbocycles. The molecule has 162 valence electrons. The Labute approximate surface area is 177 Å². The average Bonchev–Trinajstić information content (AvgIpc) is 3.10. The predicted octanol–water partition coefficient (Wildman–Crippen LogP) is 3.77. The van der Waals surface area contributed by atoms with Crippen molar-refractivity contribution in [3.8, 4) is 0 Å². The fourth-order valence-electron chi connectivity index (χ4n) is 3.52. The highest BCUT2D eigenvalue weighted by molar-refractivity contribution is 7.53. The largest absolute Gasteiger partial charge is 0.382 e. The first kappa shape index (κ1) is 21.4. The van der Waals surface area contributed by atoms with E-state index in [4.69, 9.17) is 31.1 Å². The highest BCUT2D eigenvalue weighted by atomic mass is 35.5. The molecule has 2 N–H and O–H groups in total. The van der Waals surface area contributed by atoms with Crippen molar-refractivity contribution >= 4 is 36.2 Å². The van der Waals surface area contributed by atoms with Crippen LogP contribution in [-0.2, 0) is 24.9 Å². The Morgan fingerprint density at radius 2 is 2.30 bits per heavy atom. The van der Waals surface area contributed by atoms with Gasteiger partial charge in [-0.2, -0.15) is 0 Å². The summed E-state index contributed by atoms with van der Waals surface area (Å²) in [7, 11) is -3.48. The van der Waals surface area contributed by atoms with Crippen LogP contribution in [0.25, 0.3) is 11.2 Å². The minimum absolute atomic E-state index is 0.211. The Bertz CT molecular complexity index is 1040. The van der Waals surface area contributed by atoms with Crippen LogP contribution in [0.4, 0.5) is 10.2 Å². The molecule has 1 fully saturated rings. The number of imidazole rings is 1. The van der Waals surface area contributed by atoms with Gasteiger partial charge in [0.1, 0.15) is 24.0 Å². The zero-order valence-corrected chi connectivity index (χ0v) is 17.9. The number of hydrogen-bond acceptors (Lipinski definition) is 8. The van der Waals surface area contributed by atoms with Crippen LogP contribution >= 0.6 is 19.2 Å². The maximum absolute atomic E-state index is 13.7. The second-order valence-corrected chi connectivity index (χ2v) is 9.76. The minimum atomic E-state index is -3.48. The van der Waals surface area contributed by atoms with Crippen molar-refractivity contribution in [1.82, 2.24) is 19.5 Å². The third-order valence-corrected chi connectivity index (χ3v) is 6.86. The highest BCUT2D eigenvalue weighted by Gasteiger charge is 2.38. The Kier molecular flexibility index (Phi) is 6.22. The molecule has 1 saturated heterocycles. The van der Waals surface area contributed by atoms with Crippen LogP contribution < -0.4 is 5.73 Å². The van der Waals surface area contributed by atoms with E-state index in [-0.39, 0.29) is 25.0 Å².